The zero-order chi connectivity index (χ0) is 19.4. The Morgan fingerprint density at radius 1 is 1.04 bits per heavy atom. The van der Waals surface area contributed by atoms with Crippen LogP contribution in [0.1, 0.15) is 59.3 Å². The van der Waals surface area contributed by atoms with E-state index >= 15 is 0 Å². The lowest BCUT2D eigenvalue weighted by Crippen LogP contribution is -2.48. The highest BCUT2D eigenvalue weighted by atomic mass is 15.6. The van der Waals surface area contributed by atoms with E-state index in [1.165, 1.54) is 5.69 Å². The van der Waals surface area contributed by atoms with E-state index in [0.29, 0.717) is 5.92 Å². The van der Waals surface area contributed by atoms with Crippen molar-refractivity contribution >= 4 is 5.69 Å². The molecule has 1 aromatic heterocycles. The van der Waals surface area contributed by atoms with Crippen LogP contribution in [-0.4, -0.2) is 51.3 Å². The molecule has 6 nitrogen and oxygen atoms in total. The molecular weight excluding hydrogens is 336 g/mol. The number of anilines is 1. The van der Waals surface area contributed by atoms with Crippen LogP contribution < -0.4 is 4.90 Å². The number of nitrogens with zero attached hydrogens (tertiary/aromatic N) is 6. The van der Waals surface area contributed by atoms with Gasteiger partial charge in [-0.05, 0) is 55.2 Å². The first kappa shape index (κ1) is 19.8. The Morgan fingerprint density at radius 2 is 1.70 bits per heavy atom. The van der Waals surface area contributed by atoms with Gasteiger partial charge in [-0.15, -0.1) is 5.10 Å². The average molecular weight is 371 g/mol. The number of aromatic nitrogens is 4. The molecule has 0 aliphatic carbocycles. The van der Waals surface area contributed by atoms with Crippen molar-refractivity contribution in [2.24, 2.45) is 5.92 Å². The molecule has 1 fully saturated rings. The first-order valence-corrected chi connectivity index (χ1v) is 10.2. The molecular formula is C21H34N6. The molecule has 148 valence electrons. The minimum atomic E-state index is -0.0695. The van der Waals surface area contributed by atoms with Gasteiger partial charge in [0.1, 0.15) is 0 Å². The van der Waals surface area contributed by atoms with Crippen molar-refractivity contribution in [2.75, 3.05) is 31.1 Å². The van der Waals surface area contributed by atoms with E-state index in [4.69, 9.17) is 0 Å². The molecule has 6 heteroatoms. The minimum Gasteiger partial charge on any atom is -0.369 e. The number of tetrazole rings is 1. The quantitative estimate of drug-likeness (QED) is 0.743. The van der Waals surface area contributed by atoms with Crippen LogP contribution in [0.2, 0.25) is 0 Å². The van der Waals surface area contributed by atoms with Crippen LogP contribution in [0.15, 0.2) is 30.3 Å². The van der Waals surface area contributed by atoms with E-state index in [9.17, 15) is 0 Å². The van der Waals surface area contributed by atoms with Gasteiger partial charge in [0, 0.05) is 31.9 Å². The van der Waals surface area contributed by atoms with Crippen LogP contribution in [0.3, 0.4) is 0 Å². The second kappa shape index (κ2) is 8.38. The third kappa shape index (κ3) is 4.49. The maximum absolute atomic E-state index is 4.48. The SMILES string of the molecule is CCC(C)(C)n1nnnc1[C@H](CC(C)C)N1CCN(c2ccccc2)CC1. The van der Waals surface area contributed by atoms with Gasteiger partial charge in [0.15, 0.2) is 5.82 Å². The molecule has 2 aromatic rings. The molecule has 0 N–H and O–H groups in total. The van der Waals surface area contributed by atoms with E-state index in [0.717, 1.165) is 44.8 Å². The first-order chi connectivity index (χ1) is 12.9. The van der Waals surface area contributed by atoms with Crippen molar-refractivity contribution in [1.29, 1.82) is 0 Å². The van der Waals surface area contributed by atoms with Gasteiger partial charge in [0.05, 0.1) is 11.6 Å². The predicted molar refractivity (Wildman–Crippen MR) is 110 cm³/mol. The third-order valence-corrected chi connectivity index (χ3v) is 5.80. The summed E-state index contributed by atoms with van der Waals surface area (Å²) < 4.78 is 2.06. The number of para-hydroxylation sites is 1. The van der Waals surface area contributed by atoms with Crippen molar-refractivity contribution in [3.8, 4) is 0 Å². The molecule has 0 saturated carbocycles. The summed E-state index contributed by atoms with van der Waals surface area (Å²) in [6.07, 6.45) is 2.08. The number of hydrogen-bond donors (Lipinski definition) is 0. The smallest absolute Gasteiger partial charge is 0.168 e. The van der Waals surface area contributed by atoms with Crippen molar-refractivity contribution in [3.63, 3.8) is 0 Å². The van der Waals surface area contributed by atoms with Gasteiger partial charge >= 0.3 is 0 Å². The molecule has 2 heterocycles. The van der Waals surface area contributed by atoms with Gasteiger partial charge in [-0.2, -0.15) is 0 Å². The molecule has 1 aliphatic heterocycles. The van der Waals surface area contributed by atoms with Gasteiger partial charge in [0.2, 0.25) is 0 Å². The molecule has 0 amide bonds. The lowest BCUT2D eigenvalue weighted by atomic mass is 9.98. The van der Waals surface area contributed by atoms with Gasteiger partial charge < -0.3 is 4.90 Å². The molecule has 1 saturated heterocycles. The Hall–Kier alpha value is -1.95. The second-order valence-corrected chi connectivity index (χ2v) is 8.62. The monoisotopic (exact) mass is 370 g/mol. The van der Waals surface area contributed by atoms with E-state index in [-0.39, 0.29) is 11.6 Å². The Bertz CT molecular complexity index is 700. The second-order valence-electron chi connectivity index (χ2n) is 8.62. The number of rotatable bonds is 7. The Balaban J connectivity index is 1.78. The zero-order valence-electron chi connectivity index (χ0n) is 17.5. The first-order valence-electron chi connectivity index (χ1n) is 10.2. The summed E-state index contributed by atoms with van der Waals surface area (Å²) in [4.78, 5) is 5.05. The highest BCUT2D eigenvalue weighted by molar-refractivity contribution is 5.46. The Kier molecular flexibility index (Phi) is 6.15. The van der Waals surface area contributed by atoms with Crippen LogP contribution in [0.5, 0.6) is 0 Å². The van der Waals surface area contributed by atoms with Crippen molar-refractivity contribution in [3.05, 3.63) is 36.2 Å². The fraction of sp³-hybridized carbons (Fsp3) is 0.667. The summed E-state index contributed by atoms with van der Waals surface area (Å²) in [6.45, 7) is 15.3. The molecule has 3 rings (SSSR count). The molecule has 1 aliphatic rings. The maximum Gasteiger partial charge on any atom is 0.168 e. The summed E-state index contributed by atoms with van der Waals surface area (Å²) in [5.41, 5.74) is 1.24. The van der Waals surface area contributed by atoms with E-state index in [2.05, 4.69) is 95.0 Å². The molecule has 0 unspecified atom stereocenters. The maximum atomic E-state index is 4.48. The van der Waals surface area contributed by atoms with Crippen molar-refractivity contribution in [1.82, 2.24) is 25.1 Å². The molecule has 1 atom stereocenters. The van der Waals surface area contributed by atoms with Crippen molar-refractivity contribution in [2.45, 2.75) is 59.0 Å². The van der Waals surface area contributed by atoms with Gasteiger partial charge in [-0.1, -0.05) is 39.0 Å². The van der Waals surface area contributed by atoms with E-state index in [1.807, 2.05) is 0 Å². The lowest BCUT2D eigenvalue weighted by molar-refractivity contribution is 0.143. The molecule has 0 spiro atoms. The van der Waals surface area contributed by atoms with Crippen LogP contribution in [0.25, 0.3) is 0 Å². The minimum absolute atomic E-state index is 0.0695. The summed E-state index contributed by atoms with van der Waals surface area (Å²) in [5, 5.41) is 12.9. The highest BCUT2D eigenvalue weighted by Gasteiger charge is 2.33. The third-order valence-electron chi connectivity index (χ3n) is 5.80. The van der Waals surface area contributed by atoms with Crippen LogP contribution in [0, 0.1) is 5.92 Å². The lowest BCUT2D eigenvalue weighted by Gasteiger charge is -2.41. The standard InChI is InChI=1S/C21H34N6/c1-6-21(4,5)27-20(22-23-24-27)19(16-17(2)3)26-14-12-25(13-15-26)18-10-8-7-9-11-18/h7-11,17,19H,6,12-16H2,1-5H3/t19-/m0/s1. The zero-order valence-corrected chi connectivity index (χ0v) is 17.5. The normalized spacial score (nSPS) is 17.5. The summed E-state index contributed by atoms with van der Waals surface area (Å²) >= 11 is 0. The van der Waals surface area contributed by atoms with Crippen molar-refractivity contribution < 1.29 is 0 Å². The van der Waals surface area contributed by atoms with Crippen LogP contribution in [0.4, 0.5) is 5.69 Å². The van der Waals surface area contributed by atoms with Gasteiger partial charge in [0.25, 0.3) is 0 Å². The Labute approximate surface area is 163 Å². The van der Waals surface area contributed by atoms with Gasteiger partial charge in [-0.25, -0.2) is 4.68 Å². The molecule has 0 radical (unpaired) electrons. The summed E-state index contributed by atoms with van der Waals surface area (Å²) in [7, 11) is 0. The fourth-order valence-electron chi connectivity index (χ4n) is 3.78. The molecule has 1 aromatic carbocycles. The van der Waals surface area contributed by atoms with E-state index < -0.39 is 0 Å². The summed E-state index contributed by atoms with van der Waals surface area (Å²) in [6, 6.07) is 11.0. The molecule has 27 heavy (non-hydrogen) atoms. The highest BCUT2D eigenvalue weighted by Crippen LogP contribution is 2.31. The largest absolute Gasteiger partial charge is 0.369 e. The van der Waals surface area contributed by atoms with Gasteiger partial charge in [-0.3, -0.25) is 4.90 Å². The molecule has 0 bridgehead atoms. The van der Waals surface area contributed by atoms with E-state index in [1.54, 1.807) is 0 Å². The fourth-order valence-corrected chi connectivity index (χ4v) is 3.78. The van der Waals surface area contributed by atoms with Crippen LogP contribution >= 0.6 is 0 Å². The average Bonchev–Trinajstić information content (AvgIpc) is 3.17. The number of piperazine rings is 1. The predicted octanol–water partition coefficient (Wildman–Crippen LogP) is 3.73. The van der Waals surface area contributed by atoms with Crippen LogP contribution in [-0.2, 0) is 5.54 Å². The topological polar surface area (TPSA) is 50.1 Å². The summed E-state index contributed by atoms with van der Waals surface area (Å²) in [5.74, 6) is 1.61. The Morgan fingerprint density at radius 3 is 2.30 bits per heavy atom. The number of hydrogen-bond acceptors (Lipinski definition) is 5. The number of benzene rings is 1.